The number of hydrogen-bond acceptors (Lipinski definition) is 4. The van der Waals surface area contributed by atoms with Crippen LogP contribution in [0.25, 0.3) is 0 Å². The van der Waals surface area contributed by atoms with Gasteiger partial charge in [0.2, 0.25) is 10.0 Å². The zero-order valence-corrected chi connectivity index (χ0v) is 14.3. The molecule has 0 heterocycles. The van der Waals surface area contributed by atoms with E-state index in [-0.39, 0.29) is 17.5 Å². The fraction of sp³-hybridized carbons (Fsp3) is 0.600. The van der Waals surface area contributed by atoms with E-state index in [4.69, 9.17) is 4.74 Å². The maximum Gasteiger partial charge on any atom is 0.240 e. The fourth-order valence-corrected chi connectivity index (χ4v) is 3.05. The van der Waals surface area contributed by atoms with Gasteiger partial charge in [-0.15, -0.1) is 0 Å². The molecule has 2 N–H and O–H groups in total. The van der Waals surface area contributed by atoms with Crippen LogP contribution in [0.5, 0.6) is 0 Å². The van der Waals surface area contributed by atoms with Gasteiger partial charge in [-0.25, -0.2) is 13.1 Å². The Bertz CT molecular complexity index is 556. The number of benzene rings is 1. The largest absolute Gasteiger partial charge is 0.377 e. The van der Waals surface area contributed by atoms with Gasteiger partial charge in [-0.3, -0.25) is 0 Å². The minimum atomic E-state index is -3.53. The quantitative estimate of drug-likeness (QED) is 0.771. The molecule has 5 nitrogen and oxygen atoms in total. The molecule has 0 amide bonds. The van der Waals surface area contributed by atoms with Crippen LogP contribution in [-0.4, -0.2) is 34.2 Å². The Morgan fingerprint density at radius 2 is 2.00 bits per heavy atom. The number of hydrogen-bond donors (Lipinski definition) is 2. The highest BCUT2D eigenvalue weighted by Gasteiger charge is 2.22. The highest BCUT2D eigenvalue weighted by atomic mass is 32.2. The minimum absolute atomic E-state index is 0.112. The summed E-state index contributed by atoms with van der Waals surface area (Å²) in [4.78, 5) is 0.275. The summed E-state index contributed by atoms with van der Waals surface area (Å²) >= 11 is 0. The number of rotatable bonds is 8. The first-order chi connectivity index (χ1) is 9.72. The van der Waals surface area contributed by atoms with Gasteiger partial charge in [-0.1, -0.05) is 19.1 Å². The van der Waals surface area contributed by atoms with E-state index in [0.717, 1.165) is 12.1 Å². The molecule has 1 rings (SSSR count). The Morgan fingerprint density at radius 1 is 1.33 bits per heavy atom. The third kappa shape index (κ3) is 5.39. The summed E-state index contributed by atoms with van der Waals surface area (Å²) in [5.41, 5.74) is 0.410. The molecule has 0 aromatic heterocycles. The second kappa shape index (κ2) is 7.35. The van der Waals surface area contributed by atoms with E-state index in [0.29, 0.717) is 0 Å². The smallest absolute Gasteiger partial charge is 0.240 e. The van der Waals surface area contributed by atoms with Crippen LogP contribution in [0, 0.1) is 0 Å². The van der Waals surface area contributed by atoms with Crippen molar-refractivity contribution >= 4 is 10.0 Å². The monoisotopic (exact) mass is 314 g/mol. The van der Waals surface area contributed by atoms with Gasteiger partial charge in [0.15, 0.2) is 0 Å². The second-order valence-corrected chi connectivity index (χ2v) is 7.41. The third-order valence-corrected chi connectivity index (χ3v) is 4.82. The first-order valence-electron chi connectivity index (χ1n) is 7.10. The predicted molar refractivity (Wildman–Crippen MR) is 84.8 cm³/mol. The third-order valence-electron chi connectivity index (χ3n) is 3.42. The van der Waals surface area contributed by atoms with Crippen molar-refractivity contribution in [1.82, 2.24) is 10.0 Å². The topological polar surface area (TPSA) is 67.4 Å². The van der Waals surface area contributed by atoms with Crippen LogP contribution in [0.1, 0.15) is 39.3 Å². The number of nitrogens with one attached hydrogen (secondary N) is 2. The average molecular weight is 314 g/mol. The molecule has 1 aromatic carbocycles. The van der Waals surface area contributed by atoms with Gasteiger partial charge >= 0.3 is 0 Å². The zero-order chi connectivity index (χ0) is 16.1. The van der Waals surface area contributed by atoms with E-state index in [2.05, 4.69) is 10.0 Å². The maximum absolute atomic E-state index is 12.3. The molecule has 1 atom stereocenters. The standard InChI is InChI=1S/C15H26N2O3S/c1-6-16-12(2)13-8-7-9-14(10-13)21(18,19)17-11-15(3,4)20-5/h7-10,12,16-17H,6,11H2,1-5H3. The number of methoxy groups -OCH3 is 1. The number of sulfonamides is 1. The maximum atomic E-state index is 12.3. The lowest BCUT2D eigenvalue weighted by Crippen LogP contribution is -2.39. The Hall–Kier alpha value is -0.950. The normalized spacial score (nSPS) is 14.1. The molecule has 1 aromatic rings. The van der Waals surface area contributed by atoms with Crippen molar-refractivity contribution in [1.29, 1.82) is 0 Å². The lowest BCUT2D eigenvalue weighted by molar-refractivity contribution is 0.0276. The van der Waals surface area contributed by atoms with Gasteiger partial charge < -0.3 is 10.1 Å². The summed E-state index contributed by atoms with van der Waals surface area (Å²) in [6.45, 7) is 8.75. The van der Waals surface area contributed by atoms with Crippen molar-refractivity contribution in [2.45, 2.75) is 44.2 Å². The Balaban J connectivity index is 2.91. The van der Waals surface area contributed by atoms with Gasteiger partial charge in [0.25, 0.3) is 0 Å². The van der Waals surface area contributed by atoms with Crippen molar-refractivity contribution in [3.8, 4) is 0 Å². The summed E-state index contributed by atoms with van der Waals surface area (Å²) in [5.74, 6) is 0. The van der Waals surface area contributed by atoms with Crippen molar-refractivity contribution in [2.24, 2.45) is 0 Å². The molecular weight excluding hydrogens is 288 g/mol. The molecule has 1 unspecified atom stereocenters. The van der Waals surface area contributed by atoms with Crippen molar-refractivity contribution in [3.63, 3.8) is 0 Å². The van der Waals surface area contributed by atoms with Gasteiger partial charge in [-0.05, 0) is 45.0 Å². The zero-order valence-electron chi connectivity index (χ0n) is 13.4. The second-order valence-electron chi connectivity index (χ2n) is 5.64. The molecule has 0 saturated carbocycles. The lowest BCUT2D eigenvalue weighted by Gasteiger charge is -2.23. The minimum Gasteiger partial charge on any atom is -0.377 e. The summed E-state index contributed by atoms with van der Waals surface area (Å²) < 4.78 is 32.5. The summed E-state index contributed by atoms with van der Waals surface area (Å²) in [5, 5.41) is 3.27. The molecule has 21 heavy (non-hydrogen) atoms. The highest BCUT2D eigenvalue weighted by Crippen LogP contribution is 2.18. The SMILES string of the molecule is CCNC(C)c1cccc(S(=O)(=O)NCC(C)(C)OC)c1. The highest BCUT2D eigenvalue weighted by molar-refractivity contribution is 7.89. The molecule has 6 heteroatoms. The molecule has 0 radical (unpaired) electrons. The van der Waals surface area contributed by atoms with Crippen LogP contribution in [0.3, 0.4) is 0 Å². The Kier molecular flexibility index (Phi) is 6.34. The summed E-state index contributed by atoms with van der Waals surface area (Å²) in [6.07, 6.45) is 0. The van der Waals surface area contributed by atoms with Gasteiger partial charge in [-0.2, -0.15) is 0 Å². The molecular formula is C15H26N2O3S. The molecule has 0 spiro atoms. The van der Waals surface area contributed by atoms with Crippen molar-refractivity contribution in [2.75, 3.05) is 20.2 Å². The summed E-state index contributed by atoms with van der Waals surface area (Å²) in [6, 6.07) is 7.10. The van der Waals surface area contributed by atoms with E-state index < -0.39 is 15.6 Å². The van der Waals surface area contributed by atoms with E-state index in [1.165, 1.54) is 0 Å². The first-order valence-corrected chi connectivity index (χ1v) is 8.58. The molecule has 0 aliphatic rings. The first kappa shape index (κ1) is 18.1. The molecule has 0 aliphatic carbocycles. The van der Waals surface area contributed by atoms with Crippen LogP contribution in [0.2, 0.25) is 0 Å². The summed E-state index contributed by atoms with van der Waals surface area (Å²) in [7, 11) is -1.97. The van der Waals surface area contributed by atoms with Crippen molar-refractivity contribution in [3.05, 3.63) is 29.8 Å². The van der Waals surface area contributed by atoms with E-state index in [9.17, 15) is 8.42 Å². The van der Waals surface area contributed by atoms with Crippen molar-refractivity contribution < 1.29 is 13.2 Å². The molecule has 120 valence electrons. The van der Waals surface area contributed by atoms with Gasteiger partial charge in [0.1, 0.15) is 0 Å². The van der Waals surface area contributed by atoms with Gasteiger partial charge in [0, 0.05) is 19.7 Å². The molecule has 0 aliphatic heterocycles. The molecule has 0 fully saturated rings. The number of ether oxygens (including phenoxy) is 1. The molecule has 0 bridgehead atoms. The van der Waals surface area contributed by atoms with Crippen LogP contribution in [0.15, 0.2) is 29.2 Å². The van der Waals surface area contributed by atoms with E-state index >= 15 is 0 Å². The lowest BCUT2D eigenvalue weighted by atomic mass is 10.1. The van der Waals surface area contributed by atoms with E-state index in [1.54, 1.807) is 25.3 Å². The molecule has 0 saturated heterocycles. The van der Waals surface area contributed by atoms with E-state index in [1.807, 2.05) is 33.8 Å². The van der Waals surface area contributed by atoms with Crippen LogP contribution >= 0.6 is 0 Å². The van der Waals surface area contributed by atoms with Crippen LogP contribution < -0.4 is 10.0 Å². The van der Waals surface area contributed by atoms with Gasteiger partial charge in [0.05, 0.1) is 10.5 Å². The fourth-order valence-electron chi connectivity index (χ4n) is 1.80. The Labute approximate surface area is 128 Å². The predicted octanol–water partition coefficient (Wildman–Crippen LogP) is 2.06. The average Bonchev–Trinajstić information content (AvgIpc) is 2.46. The van der Waals surface area contributed by atoms with Crippen LogP contribution in [-0.2, 0) is 14.8 Å². The van der Waals surface area contributed by atoms with Crippen LogP contribution in [0.4, 0.5) is 0 Å². The Morgan fingerprint density at radius 3 is 2.57 bits per heavy atom.